The lowest BCUT2D eigenvalue weighted by atomic mass is 10.1. The molecule has 0 aliphatic heterocycles. The second-order valence-corrected chi connectivity index (χ2v) is 6.22. The van der Waals surface area contributed by atoms with Crippen LogP contribution in [0.3, 0.4) is 0 Å². The number of carboxylic acid groups (broad SMARTS) is 1. The number of nitrogens with zero attached hydrogens (tertiary/aromatic N) is 1. The molecule has 120 valence electrons. The van der Waals surface area contributed by atoms with Crippen LogP contribution in [-0.4, -0.2) is 47.4 Å². The lowest BCUT2D eigenvalue weighted by molar-refractivity contribution is -0.142. The first-order valence-corrected chi connectivity index (χ1v) is 7.55. The van der Waals surface area contributed by atoms with E-state index in [9.17, 15) is 14.4 Å². The van der Waals surface area contributed by atoms with Crippen molar-refractivity contribution in [3.05, 3.63) is 0 Å². The van der Waals surface area contributed by atoms with E-state index in [0.717, 1.165) is 12.8 Å². The fraction of sp³-hybridized carbons (Fsp3) is 0.800. The molecule has 0 bridgehead atoms. The summed E-state index contributed by atoms with van der Waals surface area (Å²) in [7, 11) is 0. The van der Waals surface area contributed by atoms with Crippen molar-refractivity contribution in [2.75, 3.05) is 19.6 Å². The number of amides is 2. The quantitative estimate of drug-likeness (QED) is 0.703. The molecule has 6 heteroatoms. The van der Waals surface area contributed by atoms with Gasteiger partial charge in [0.05, 0.1) is 18.4 Å². The fourth-order valence-corrected chi connectivity index (χ4v) is 2.79. The molecule has 2 N–H and O–H groups in total. The van der Waals surface area contributed by atoms with E-state index in [-0.39, 0.29) is 18.4 Å². The van der Waals surface area contributed by atoms with Gasteiger partial charge in [-0.05, 0) is 18.3 Å². The molecule has 21 heavy (non-hydrogen) atoms. The molecule has 6 nitrogen and oxygen atoms in total. The van der Waals surface area contributed by atoms with E-state index in [1.807, 2.05) is 13.8 Å². The van der Waals surface area contributed by atoms with Crippen LogP contribution < -0.4 is 5.32 Å². The maximum atomic E-state index is 12.5. The highest BCUT2D eigenvalue weighted by molar-refractivity contribution is 5.93. The summed E-state index contributed by atoms with van der Waals surface area (Å²) in [6.45, 7) is 8.52. The fourth-order valence-electron chi connectivity index (χ4n) is 2.79. The number of carboxylic acids is 1. The molecule has 0 aromatic heterocycles. The number of carbonyl (C=O) groups is 3. The first kappa shape index (κ1) is 17.5. The van der Waals surface area contributed by atoms with E-state index in [1.165, 1.54) is 4.90 Å². The Hall–Kier alpha value is -1.59. The molecule has 1 aliphatic rings. The minimum absolute atomic E-state index is 0.00555. The minimum atomic E-state index is -0.940. The lowest BCUT2D eigenvalue weighted by Gasteiger charge is -2.22. The molecule has 0 spiro atoms. The van der Waals surface area contributed by atoms with Gasteiger partial charge in [0.25, 0.3) is 0 Å². The van der Waals surface area contributed by atoms with Crippen molar-refractivity contribution in [3.8, 4) is 0 Å². The number of hydrogen-bond acceptors (Lipinski definition) is 3. The summed E-state index contributed by atoms with van der Waals surface area (Å²) in [5, 5.41) is 11.9. The zero-order chi connectivity index (χ0) is 16.2. The summed E-state index contributed by atoms with van der Waals surface area (Å²) in [6.07, 6.45) is 1.57. The van der Waals surface area contributed by atoms with Crippen molar-refractivity contribution in [1.82, 2.24) is 10.2 Å². The van der Waals surface area contributed by atoms with Crippen molar-refractivity contribution in [3.63, 3.8) is 0 Å². The van der Waals surface area contributed by atoms with E-state index in [4.69, 9.17) is 5.11 Å². The first-order chi connectivity index (χ1) is 9.77. The van der Waals surface area contributed by atoms with E-state index < -0.39 is 23.2 Å². The van der Waals surface area contributed by atoms with Gasteiger partial charge in [-0.3, -0.25) is 14.4 Å². The van der Waals surface area contributed by atoms with E-state index >= 15 is 0 Å². The van der Waals surface area contributed by atoms with Crippen LogP contribution >= 0.6 is 0 Å². The van der Waals surface area contributed by atoms with Crippen LogP contribution in [0.1, 0.15) is 40.5 Å². The number of rotatable bonds is 8. The van der Waals surface area contributed by atoms with Crippen LogP contribution in [0.15, 0.2) is 0 Å². The summed E-state index contributed by atoms with van der Waals surface area (Å²) in [5.41, 5.74) is -0.533. The van der Waals surface area contributed by atoms with E-state index in [0.29, 0.717) is 13.1 Å². The molecule has 1 rings (SSSR count). The van der Waals surface area contributed by atoms with E-state index in [2.05, 4.69) is 5.32 Å². The highest BCUT2D eigenvalue weighted by Gasteiger charge is 2.66. The molecule has 2 unspecified atom stereocenters. The summed E-state index contributed by atoms with van der Waals surface area (Å²) < 4.78 is 0. The Balaban J connectivity index is 2.71. The van der Waals surface area contributed by atoms with Crippen LogP contribution in [0.4, 0.5) is 0 Å². The van der Waals surface area contributed by atoms with Crippen LogP contribution in [0.2, 0.25) is 0 Å². The van der Waals surface area contributed by atoms with Crippen LogP contribution in [0.5, 0.6) is 0 Å². The van der Waals surface area contributed by atoms with Crippen molar-refractivity contribution in [1.29, 1.82) is 0 Å². The Morgan fingerprint density at radius 1 is 1.14 bits per heavy atom. The second-order valence-electron chi connectivity index (χ2n) is 6.22. The topological polar surface area (TPSA) is 86.7 Å². The molecule has 2 amide bonds. The third-order valence-electron chi connectivity index (χ3n) is 4.07. The predicted octanol–water partition coefficient (Wildman–Crippen LogP) is 1.11. The summed E-state index contributed by atoms with van der Waals surface area (Å²) in [6, 6.07) is 0. The molecular weight excluding hydrogens is 272 g/mol. The molecule has 0 aromatic carbocycles. The first-order valence-electron chi connectivity index (χ1n) is 7.55. The Morgan fingerprint density at radius 2 is 1.76 bits per heavy atom. The third kappa shape index (κ3) is 3.95. The average molecular weight is 298 g/mol. The van der Waals surface area contributed by atoms with Crippen LogP contribution in [-0.2, 0) is 14.4 Å². The zero-order valence-electron chi connectivity index (χ0n) is 13.3. The Kier molecular flexibility index (Phi) is 5.75. The van der Waals surface area contributed by atoms with Crippen molar-refractivity contribution in [2.45, 2.75) is 40.5 Å². The van der Waals surface area contributed by atoms with Gasteiger partial charge in [-0.2, -0.15) is 0 Å². The molecule has 0 radical (unpaired) electrons. The molecule has 2 atom stereocenters. The number of nitrogens with one attached hydrogen (secondary N) is 1. The maximum absolute atomic E-state index is 12.5. The number of carbonyl (C=O) groups excluding carboxylic acids is 2. The van der Waals surface area contributed by atoms with Crippen molar-refractivity contribution in [2.24, 2.45) is 17.3 Å². The summed E-state index contributed by atoms with van der Waals surface area (Å²) in [5.74, 6) is -2.53. The van der Waals surface area contributed by atoms with Gasteiger partial charge in [0.2, 0.25) is 11.8 Å². The van der Waals surface area contributed by atoms with Gasteiger partial charge < -0.3 is 15.3 Å². The lowest BCUT2D eigenvalue weighted by Crippen LogP contribution is -2.42. The Labute approximate surface area is 125 Å². The molecule has 1 aliphatic carbocycles. The standard InChI is InChI=1S/C15H26N2O4/c1-5-7-16-10(18)9-17(8-6-2)13(19)11-12(14(20)21)15(11,3)4/h11-12H,5-9H2,1-4H3,(H,16,18)(H,20,21). The third-order valence-corrected chi connectivity index (χ3v) is 4.07. The maximum Gasteiger partial charge on any atom is 0.307 e. The van der Waals surface area contributed by atoms with Crippen molar-refractivity contribution < 1.29 is 19.5 Å². The smallest absolute Gasteiger partial charge is 0.307 e. The Morgan fingerprint density at radius 3 is 2.19 bits per heavy atom. The Bertz CT molecular complexity index is 420. The normalized spacial score (nSPS) is 22.5. The van der Waals surface area contributed by atoms with Gasteiger partial charge >= 0.3 is 5.97 Å². The van der Waals surface area contributed by atoms with E-state index in [1.54, 1.807) is 13.8 Å². The average Bonchev–Trinajstić information content (AvgIpc) is 2.98. The summed E-state index contributed by atoms with van der Waals surface area (Å²) in [4.78, 5) is 37.0. The van der Waals surface area contributed by atoms with Crippen LogP contribution in [0.25, 0.3) is 0 Å². The number of aliphatic carboxylic acids is 1. The SMILES string of the molecule is CCCNC(=O)CN(CCC)C(=O)C1C(C(=O)O)C1(C)C. The van der Waals surface area contributed by atoms with Gasteiger partial charge in [-0.1, -0.05) is 27.7 Å². The molecule has 0 heterocycles. The minimum Gasteiger partial charge on any atom is -0.481 e. The molecule has 1 saturated carbocycles. The highest BCUT2D eigenvalue weighted by atomic mass is 16.4. The molecular formula is C15H26N2O4. The van der Waals surface area contributed by atoms with Gasteiger partial charge in [0, 0.05) is 13.1 Å². The van der Waals surface area contributed by atoms with Gasteiger partial charge in [0.15, 0.2) is 0 Å². The molecule has 0 saturated heterocycles. The van der Waals surface area contributed by atoms with Crippen molar-refractivity contribution >= 4 is 17.8 Å². The second kappa shape index (κ2) is 6.91. The summed E-state index contributed by atoms with van der Waals surface area (Å²) >= 11 is 0. The molecule has 1 fully saturated rings. The molecule has 0 aromatic rings. The zero-order valence-corrected chi connectivity index (χ0v) is 13.3. The monoisotopic (exact) mass is 298 g/mol. The predicted molar refractivity (Wildman–Crippen MR) is 78.6 cm³/mol. The van der Waals surface area contributed by atoms with Crippen LogP contribution in [0, 0.1) is 17.3 Å². The number of hydrogen-bond donors (Lipinski definition) is 2. The largest absolute Gasteiger partial charge is 0.481 e. The highest BCUT2D eigenvalue weighted by Crippen LogP contribution is 2.59. The van der Waals surface area contributed by atoms with Gasteiger partial charge in [0.1, 0.15) is 0 Å². The van der Waals surface area contributed by atoms with Gasteiger partial charge in [-0.15, -0.1) is 0 Å². The van der Waals surface area contributed by atoms with Gasteiger partial charge in [-0.25, -0.2) is 0 Å².